The van der Waals surface area contributed by atoms with Crippen molar-refractivity contribution in [3.63, 3.8) is 0 Å². The molecule has 0 unspecified atom stereocenters. The number of benzene rings is 2. The summed E-state index contributed by atoms with van der Waals surface area (Å²) in [6.07, 6.45) is 0. The van der Waals surface area contributed by atoms with Gasteiger partial charge in [-0.15, -0.1) is 0 Å². The molecule has 7 heteroatoms. The quantitative estimate of drug-likeness (QED) is 0.656. The molecule has 2 aromatic rings. The maximum atomic E-state index is 8.85. The zero-order chi connectivity index (χ0) is 13.7. The first-order valence-corrected chi connectivity index (χ1v) is 6.19. The van der Waals surface area contributed by atoms with Gasteiger partial charge in [-0.2, -0.15) is 0 Å². The van der Waals surface area contributed by atoms with Crippen LogP contribution in [0.5, 0.6) is 11.5 Å². The van der Waals surface area contributed by atoms with Gasteiger partial charge in [0, 0.05) is 39.6 Å². The Hall–Kier alpha value is 0.200. The topological polar surface area (TPSA) is 40.5 Å². The van der Waals surface area contributed by atoms with Crippen molar-refractivity contribution in [2.24, 2.45) is 0 Å². The third-order valence-corrected chi connectivity index (χ3v) is 2.90. The summed E-state index contributed by atoms with van der Waals surface area (Å²) in [5.41, 5.74) is 0. The van der Waals surface area contributed by atoms with E-state index in [2.05, 4.69) is 0 Å². The first kappa shape index (κ1) is 19.2. The van der Waals surface area contributed by atoms with E-state index >= 15 is 0 Å². The summed E-state index contributed by atoms with van der Waals surface area (Å²) in [5.74, 6) is 0.113. The second-order valence-electron chi connectivity index (χ2n) is 3.19. The Kier molecular flexibility index (Phi) is 9.29. The minimum Gasteiger partial charge on any atom is -0.506 e. The van der Waals surface area contributed by atoms with Gasteiger partial charge in [-0.3, -0.25) is 0 Å². The predicted octanol–water partition coefficient (Wildman–Crippen LogP) is 5.02. The van der Waals surface area contributed by atoms with Gasteiger partial charge in [0.05, 0.1) is 10.0 Å². The average molecular weight is 349 g/mol. The van der Waals surface area contributed by atoms with Gasteiger partial charge < -0.3 is 10.2 Å². The SMILES string of the molecule is Oc1ccc(Cl)cc1Cl.Oc1ccc(Cl)cc1Cl.[Na]. The van der Waals surface area contributed by atoms with Crippen LogP contribution in [-0.2, 0) is 0 Å². The van der Waals surface area contributed by atoms with Crippen LogP contribution in [0, 0.1) is 0 Å². The van der Waals surface area contributed by atoms with Crippen molar-refractivity contribution in [2.45, 2.75) is 0 Å². The van der Waals surface area contributed by atoms with Gasteiger partial charge in [0.15, 0.2) is 0 Å². The summed E-state index contributed by atoms with van der Waals surface area (Å²) in [5, 5.41) is 19.3. The maximum Gasteiger partial charge on any atom is 0.134 e. The van der Waals surface area contributed by atoms with E-state index in [0.717, 1.165) is 0 Å². The molecule has 97 valence electrons. The molecule has 19 heavy (non-hydrogen) atoms. The molecule has 0 aliphatic carbocycles. The van der Waals surface area contributed by atoms with Crippen LogP contribution >= 0.6 is 46.4 Å². The summed E-state index contributed by atoms with van der Waals surface area (Å²) in [7, 11) is 0. The van der Waals surface area contributed by atoms with Gasteiger partial charge in [-0.25, -0.2) is 0 Å². The largest absolute Gasteiger partial charge is 0.506 e. The van der Waals surface area contributed by atoms with Crippen molar-refractivity contribution in [3.05, 3.63) is 56.5 Å². The minimum absolute atomic E-state index is 0. The van der Waals surface area contributed by atoms with Crippen LogP contribution in [0.2, 0.25) is 20.1 Å². The number of halogens is 4. The Morgan fingerprint density at radius 1 is 0.632 bits per heavy atom. The first-order chi connectivity index (χ1) is 8.40. The Balaban J connectivity index is 0.000000324. The number of hydrogen-bond acceptors (Lipinski definition) is 2. The van der Waals surface area contributed by atoms with Crippen molar-refractivity contribution in [1.29, 1.82) is 0 Å². The number of hydrogen-bond donors (Lipinski definition) is 2. The van der Waals surface area contributed by atoms with E-state index in [9.17, 15) is 0 Å². The molecule has 1 radical (unpaired) electrons. The Morgan fingerprint density at radius 3 is 1.16 bits per heavy atom. The molecule has 0 atom stereocenters. The summed E-state index contributed by atoms with van der Waals surface area (Å²) in [4.78, 5) is 0. The molecule has 2 rings (SSSR count). The van der Waals surface area contributed by atoms with Crippen molar-refractivity contribution in [3.8, 4) is 11.5 Å². The molecule has 0 aliphatic heterocycles. The molecule has 0 bridgehead atoms. The second-order valence-corrected chi connectivity index (χ2v) is 4.88. The van der Waals surface area contributed by atoms with E-state index in [1.165, 1.54) is 24.3 Å². The van der Waals surface area contributed by atoms with Crippen LogP contribution in [-0.4, -0.2) is 39.8 Å². The van der Waals surface area contributed by atoms with Crippen LogP contribution in [0.15, 0.2) is 36.4 Å². The van der Waals surface area contributed by atoms with Gasteiger partial charge in [-0.1, -0.05) is 46.4 Å². The molecule has 2 N–H and O–H groups in total. The molecule has 2 nitrogen and oxygen atoms in total. The fourth-order valence-corrected chi connectivity index (χ4v) is 1.78. The molecule has 0 aromatic heterocycles. The van der Waals surface area contributed by atoms with Crippen LogP contribution in [0.3, 0.4) is 0 Å². The third-order valence-electron chi connectivity index (χ3n) is 1.82. The van der Waals surface area contributed by atoms with E-state index < -0.39 is 0 Å². The predicted molar refractivity (Wildman–Crippen MR) is 82.0 cm³/mol. The van der Waals surface area contributed by atoms with Crippen LogP contribution in [0.25, 0.3) is 0 Å². The molecule has 0 saturated carbocycles. The van der Waals surface area contributed by atoms with E-state index in [0.29, 0.717) is 10.0 Å². The summed E-state index contributed by atoms with van der Waals surface area (Å²) in [6, 6.07) is 9.01. The van der Waals surface area contributed by atoms with E-state index in [4.69, 9.17) is 56.6 Å². The standard InChI is InChI=1S/2C6H4Cl2O.Na/c2*7-4-1-2-6(9)5(8)3-4;/h2*1-3,9H;. The van der Waals surface area contributed by atoms with Gasteiger partial charge >= 0.3 is 0 Å². The van der Waals surface area contributed by atoms with Gasteiger partial charge in [0.25, 0.3) is 0 Å². The molecular formula is C12H8Cl4NaO2. The van der Waals surface area contributed by atoms with E-state index in [1.807, 2.05) is 0 Å². The molecule has 0 spiro atoms. The fourth-order valence-electron chi connectivity index (χ4n) is 0.963. The van der Waals surface area contributed by atoms with Crippen molar-refractivity contribution < 1.29 is 10.2 Å². The molecular weight excluding hydrogens is 341 g/mol. The minimum atomic E-state index is 0. The number of phenols is 2. The Morgan fingerprint density at radius 2 is 0.947 bits per heavy atom. The second kappa shape index (κ2) is 9.19. The van der Waals surface area contributed by atoms with Gasteiger partial charge in [-0.05, 0) is 36.4 Å². The third kappa shape index (κ3) is 6.96. The van der Waals surface area contributed by atoms with Crippen molar-refractivity contribution >= 4 is 76.0 Å². The van der Waals surface area contributed by atoms with E-state index in [1.54, 1.807) is 12.1 Å². The monoisotopic (exact) mass is 347 g/mol. The smallest absolute Gasteiger partial charge is 0.134 e. The number of phenolic OH excluding ortho intramolecular Hbond substituents is 2. The molecule has 2 aromatic carbocycles. The molecule has 0 heterocycles. The first-order valence-electron chi connectivity index (χ1n) is 4.68. The van der Waals surface area contributed by atoms with Crippen LogP contribution < -0.4 is 0 Å². The van der Waals surface area contributed by atoms with Crippen LogP contribution in [0.1, 0.15) is 0 Å². The summed E-state index contributed by atoms with van der Waals surface area (Å²) in [6.45, 7) is 0. The molecule has 0 saturated heterocycles. The number of rotatable bonds is 0. The summed E-state index contributed by atoms with van der Waals surface area (Å²) < 4.78 is 0. The fraction of sp³-hybridized carbons (Fsp3) is 0. The Labute approximate surface area is 153 Å². The van der Waals surface area contributed by atoms with Crippen molar-refractivity contribution in [1.82, 2.24) is 0 Å². The molecule has 0 aliphatic rings. The zero-order valence-corrected chi connectivity index (χ0v) is 14.9. The molecule has 0 amide bonds. The van der Waals surface area contributed by atoms with Gasteiger partial charge in [0.1, 0.15) is 11.5 Å². The van der Waals surface area contributed by atoms with Crippen LogP contribution in [0.4, 0.5) is 0 Å². The number of aromatic hydroxyl groups is 2. The van der Waals surface area contributed by atoms with Gasteiger partial charge in [0.2, 0.25) is 0 Å². The molecule has 0 fully saturated rings. The normalized spacial score (nSPS) is 9.05. The van der Waals surface area contributed by atoms with Crippen molar-refractivity contribution in [2.75, 3.05) is 0 Å². The van der Waals surface area contributed by atoms with E-state index in [-0.39, 0.29) is 51.1 Å². The maximum absolute atomic E-state index is 8.85. The summed E-state index contributed by atoms with van der Waals surface area (Å²) >= 11 is 22.0. The average Bonchev–Trinajstić information content (AvgIpc) is 2.30. The zero-order valence-electron chi connectivity index (χ0n) is 9.87. The Bertz CT molecular complexity index is 500.